The molecule has 2 heterocycles. The van der Waals surface area contributed by atoms with Gasteiger partial charge < -0.3 is 15.4 Å². The summed E-state index contributed by atoms with van der Waals surface area (Å²) in [5.74, 6) is 1.03. The Morgan fingerprint density at radius 3 is 2.39 bits per heavy atom. The molecular weight excluding hydrogens is 375 g/mol. The van der Waals surface area contributed by atoms with Crippen LogP contribution < -0.4 is 15.4 Å². The van der Waals surface area contributed by atoms with Gasteiger partial charge in [-0.05, 0) is 78.7 Å². The largest absolute Gasteiger partial charge is 0.457 e. The molecule has 0 spiro atoms. The number of benzene rings is 2. The number of anilines is 1. The maximum Gasteiger partial charge on any atom is 0.240 e. The van der Waals surface area contributed by atoms with Crippen molar-refractivity contribution in [3.05, 3.63) is 76.7 Å². The average Bonchev–Trinajstić information content (AvgIpc) is 3.35. The highest BCUT2D eigenvalue weighted by atomic mass is 32.1. The van der Waals surface area contributed by atoms with E-state index in [0.29, 0.717) is 17.4 Å². The van der Waals surface area contributed by atoms with Gasteiger partial charge in [-0.2, -0.15) is 0 Å². The number of hydrogen-bond donors (Lipinski definition) is 1. The predicted octanol–water partition coefficient (Wildman–Crippen LogP) is 4.60. The summed E-state index contributed by atoms with van der Waals surface area (Å²) in [5.41, 5.74) is 6.62. The first-order chi connectivity index (χ1) is 13.6. The van der Waals surface area contributed by atoms with Crippen LogP contribution in [0.3, 0.4) is 0 Å². The van der Waals surface area contributed by atoms with Crippen molar-refractivity contribution in [1.82, 2.24) is 0 Å². The minimum atomic E-state index is -0.300. The van der Waals surface area contributed by atoms with Crippen LogP contribution in [0, 0.1) is 11.7 Å². The first-order valence-corrected chi connectivity index (χ1v) is 10.1. The fraction of sp³-hybridized carbons (Fsp3) is 0.227. The zero-order valence-electron chi connectivity index (χ0n) is 15.3. The molecule has 1 amide bonds. The van der Waals surface area contributed by atoms with Gasteiger partial charge in [-0.1, -0.05) is 6.07 Å². The molecule has 3 aromatic rings. The number of ether oxygens (including phenoxy) is 1. The normalized spacial score (nSPS) is 19.0. The van der Waals surface area contributed by atoms with E-state index in [1.807, 2.05) is 24.3 Å². The Kier molecular flexibility index (Phi) is 5.30. The van der Waals surface area contributed by atoms with Gasteiger partial charge in [0.1, 0.15) is 23.4 Å². The van der Waals surface area contributed by atoms with E-state index in [2.05, 4.69) is 22.4 Å². The summed E-state index contributed by atoms with van der Waals surface area (Å²) in [6.07, 6.45) is 1.73. The lowest BCUT2D eigenvalue weighted by atomic mass is 10.0. The van der Waals surface area contributed by atoms with E-state index in [4.69, 9.17) is 10.5 Å². The van der Waals surface area contributed by atoms with E-state index < -0.39 is 0 Å². The highest BCUT2D eigenvalue weighted by Gasteiger charge is 2.35. The molecule has 6 heteroatoms. The van der Waals surface area contributed by atoms with Crippen molar-refractivity contribution >= 4 is 22.9 Å². The molecule has 1 fully saturated rings. The molecule has 1 aromatic heterocycles. The van der Waals surface area contributed by atoms with Crippen molar-refractivity contribution < 1.29 is 13.9 Å². The third kappa shape index (κ3) is 4.17. The lowest BCUT2D eigenvalue weighted by Gasteiger charge is -2.24. The zero-order chi connectivity index (χ0) is 19.5. The molecule has 0 aliphatic carbocycles. The van der Waals surface area contributed by atoms with Crippen molar-refractivity contribution in [2.45, 2.75) is 18.9 Å². The number of thiophene rings is 1. The third-order valence-corrected chi connectivity index (χ3v) is 5.90. The van der Waals surface area contributed by atoms with Crippen LogP contribution in [0.15, 0.2) is 66.0 Å². The molecule has 1 saturated heterocycles. The fourth-order valence-corrected chi connectivity index (χ4v) is 4.50. The number of primary amides is 1. The summed E-state index contributed by atoms with van der Waals surface area (Å²) in [5, 5.41) is 2.08. The standard InChI is InChI=1S/C22H21FN2O2S/c23-16-3-7-18(8-4-16)27-19-9-5-17(6-10-19)25-14-15(13-21(25)22(24)26)12-20-2-1-11-28-20/h1-11,15,21H,12-14H2,(H2,24,26). The second kappa shape index (κ2) is 8.02. The summed E-state index contributed by atoms with van der Waals surface area (Å²) in [4.78, 5) is 15.4. The summed E-state index contributed by atoms with van der Waals surface area (Å²) in [6, 6.07) is 17.3. The van der Waals surface area contributed by atoms with E-state index in [0.717, 1.165) is 25.1 Å². The van der Waals surface area contributed by atoms with Crippen LogP contribution in [0.5, 0.6) is 11.5 Å². The lowest BCUT2D eigenvalue weighted by Crippen LogP contribution is -2.40. The zero-order valence-corrected chi connectivity index (χ0v) is 16.1. The minimum absolute atomic E-state index is 0.291. The molecule has 2 aromatic carbocycles. The Morgan fingerprint density at radius 2 is 1.79 bits per heavy atom. The van der Waals surface area contributed by atoms with Gasteiger partial charge in [0.05, 0.1) is 0 Å². The summed E-state index contributed by atoms with van der Waals surface area (Å²) in [7, 11) is 0. The molecule has 4 rings (SSSR count). The van der Waals surface area contributed by atoms with E-state index in [9.17, 15) is 9.18 Å². The number of halogens is 1. The molecule has 2 N–H and O–H groups in total. The van der Waals surface area contributed by atoms with Crippen LogP contribution >= 0.6 is 11.3 Å². The van der Waals surface area contributed by atoms with Crippen molar-refractivity contribution in [1.29, 1.82) is 0 Å². The Morgan fingerprint density at radius 1 is 1.11 bits per heavy atom. The van der Waals surface area contributed by atoms with Crippen LogP contribution in [-0.2, 0) is 11.2 Å². The lowest BCUT2D eigenvalue weighted by molar-refractivity contribution is -0.119. The smallest absolute Gasteiger partial charge is 0.240 e. The number of nitrogens with two attached hydrogens (primary N) is 1. The number of hydrogen-bond acceptors (Lipinski definition) is 4. The van der Waals surface area contributed by atoms with E-state index in [-0.39, 0.29) is 17.8 Å². The second-order valence-corrected chi connectivity index (χ2v) is 8.04. The van der Waals surface area contributed by atoms with Crippen molar-refractivity contribution in [3.63, 3.8) is 0 Å². The molecule has 0 radical (unpaired) electrons. The Hall–Kier alpha value is -2.86. The topological polar surface area (TPSA) is 55.6 Å². The molecule has 28 heavy (non-hydrogen) atoms. The van der Waals surface area contributed by atoms with E-state index in [1.165, 1.54) is 17.0 Å². The van der Waals surface area contributed by atoms with Gasteiger partial charge >= 0.3 is 0 Å². The van der Waals surface area contributed by atoms with Crippen LogP contribution in [0.1, 0.15) is 11.3 Å². The second-order valence-electron chi connectivity index (χ2n) is 7.01. The van der Waals surface area contributed by atoms with Gasteiger partial charge in [-0.25, -0.2) is 4.39 Å². The first kappa shape index (κ1) is 18.5. The molecule has 144 valence electrons. The molecular formula is C22H21FN2O2S. The third-order valence-electron chi connectivity index (χ3n) is 5.00. The van der Waals surface area contributed by atoms with Crippen LogP contribution in [0.25, 0.3) is 0 Å². The monoisotopic (exact) mass is 396 g/mol. The SMILES string of the molecule is NC(=O)C1CC(Cc2cccs2)CN1c1ccc(Oc2ccc(F)cc2)cc1. The molecule has 1 aliphatic rings. The molecule has 2 unspecified atom stereocenters. The van der Waals surface area contributed by atoms with Gasteiger partial charge in [-0.15, -0.1) is 11.3 Å². The van der Waals surface area contributed by atoms with E-state index in [1.54, 1.807) is 23.5 Å². The predicted molar refractivity (Wildman–Crippen MR) is 109 cm³/mol. The van der Waals surface area contributed by atoms with Crippen LogP contribution in [0.2, 0.25) is 0 Å². The fourth-order valence-electron chi connectivity index (χ4n) is 3.68. The van der Waals surface area contributed by atoms with Crippen LogP contribution in [-0.4, -0.2) is 18.5 Å². The molecule has 2 atom stereocenters. The summed E-state index contributed by atoms with van der Waals surface area (Å²) < 4.78 is 18.7. The Bertz CT molecular complexity index is 926. The highest BCUT2D eigenvalue weighted by molar-refractivity contribution is 7.09. The quantitative estimate of drug-likeness (QED) is 0.662. The van der Waals surface area contributed by atoms with Gasteiger partial charge in [0.25, 0.3) is 0 Å². The average molecular weight is 396 g/mol. The first-order valence-electron chi connectivity index (χ1n) is 9.20. The van der Waals surface area contributed by atoms with Crippen molar-refractivity contribution in [3.8, 4) is 11.5 Å². The van der Waals surface area contributed by atoms with Gasteiger partial charge in [0.15, 0.2) is 0 Å². The molecule has 1 aliphatic heterocycles. The van der Waals surface area contributed by atoms with Gasteiger partial charge in [0, 0.05) is 17.1 Å². The van der Waals surface area contributed by atoms with Crippen molar-refractivity contribution in [2.75, 3.05) is 11.4 Å². The van der Waals surface area contributed by atoms with Gasteiger partial charge in [0.2, 0.25) is 5.91 Å². The Balaban J connectivity index is 1.46. The van der Waals surface area contributed by atoms with Gasteiger partial charge in [-0.3, -0.25) is 4.79 Å². The van der Waals surface area contributed by atoms with Crippen molar-refractivity contribution in [2.24, 2.45) is 11.7 Å². The molecule has 0 bridgehead atoms. The molecule has 4 nitrogen and oxygen atoms in total. The number of amides is 1. The number of rotatable bonds is 6. The number of nitrogens with zero attached hydrogens (tertiary/aromatic N) is 1. The maximum atomic E-state index is 13.0. The van der Waals surface area contributed by atoms with Crippen LogP contribution in [0.4, 0.5) is 10.1 Å². The van der Waals surface area contributed by atoms with E-state index >= 15 is 0 Å². The Labute approximate surface area is 167 Å². The number of carbonyl (C=O) groups excluding carboxylic acids is 1. The minimum Gasteiger partial charge on any atom is -0.457 e. The highest BCUT2D eigenvalue weighted by Crippen LogP contribution is 2.33. The summed E-state index contributed by atoms with van der Waals surface area (Å²) in [6.45, 7) is 0.795. The molecule has 0 saturated carbocycles. The maximum absolute atomic E-state index is 13.0. The summed E-state index contributed by atoms with van der Waals surface area (Å²) >= 11 is 1.75. The number of carbonyl (C=O) groups is 1.